The number of hydrogen-bond acceptors (Lipinski definition) is 2. The average Bonchev–Trinajstić information content (AvgIpc) is 2.57. The van der Waals surface area contributed by atoms with E-state index in [-0.39, 0.29) is 0 Å². The monoisotopic (exact) mass is 243 g/mol. The van der Waals surface area contributed by atoms with Crippen molar-refractivity contribution in [1.82, 2.24) is 15.1 Å². The fraction of sp³-hybridized carbons (Fsp3) is 0.750. The minimum Gasteiger partial charge on any atom is -0.317 e. The van der Waals surface area contributed by atoms with Crippen molar-refractivity contribution in [3.63, 3.8) is 0 Å². The Morgan fingerprint density at radius 1 is 1.44 bits per heavy atom. The molecule has 4 heteroatoms. The normalized spacial score (nSPS) is 13.1. The highest BCUT2D eigenvalue weighted by Crippen LogP contribution is 2.22. The van der Waals surface area contributed by atoms with Crippen molar-refractivity contribution in [2.24, 2.45) is 0 Å². The fourth-order valence-corrected chi connectivity index (χ4v) is 2.20. The highest BCUT2D eigenvalue weighted by molar-refractivity contribution is 6.31. The van der Waals surface area contributed by atoms with Crippen LogP contribution >= 0.6 is 11.6 Å². The molecule has 0 aliphatic rings. The molecule has 0 aliphatic heterocycles. The molecule has 0 bridgehead atoms. The molecular formula is C12H22ClN3. The molecule has 0 spiro atoms. The number of halogens is 1. The molecule has 0 saturated heterocycles. The second-order valence-corrected chi connectivity index (χ2v) is 4.47. The van der Waals surface area contributed by atoms with Crippen molar-refractivity contribution < 1.29 is 0 Å². The SMILES string of the molecule is CCC(CCc1c(Cl)c(C)nn1CC)NC. The molecule has 0 aromatic carbocycles. The van der Waals surface area contributed by atoms with Gasteiger partial charge in [-0.05, 0) is 40.2 Å². The first-order valence-corrected chi connectivity index (χ1v) is 6.40. The van der Waals surface area contributed by atoms with Gasteiger partial charge < -0.3 is 5.32 Å². The van der Waals surface area contributed by atoms with E-state index in [1.165, 1.54) is 5.69 Å². The third kappa shape index (κ3) is 2.98. The molecule has 0 saturated carbocycles. The second-order valence-electron chi connectivity index (χ2n) is 4.09. The number of rotatable bonds is 6. The predicted octanol–water partition coefficient (Wildman–Crippen LogP) is 2.80. The van der Waals surface area contributed by atoms with E-state index in [0.717, 1.165) is 36.5 Å². The van der Waals surface area contributed by atoms with Gasteiger partial charge >= 0.3 is 0 Å². The lowest BCUT2D eigenvalue weighted by atomic mass is 10.1. The van der Waals surface area contributed by atoms with Crippen molar-refractivity contribution in [1.29, 1.82) is 0 Å². The van der Waals surface area contributed by atoms with Gasteiger partial charge in [-0.3, -0.25) is 4.68 Å². The first-order chi connectivity index (χ1) is 7.63. The van der Waals surface area contributed by atoms with Crippen molar-refractivity contribution in [3.8, 4) is 0 Å². The van der Waals surface area contributed by atoms with Crippen LogP contribution in [0.25, 0.3) is 0 Å². The van der Waals surface area contributed by atoms with E-state index in [9.17, 15) is 0 Å². The Kier molecular flexibility index (Phi) is 5.29. The Morgan fingerprint density at radius 2 is 2.12 bits per heavy atom. The zero-order chi connectivity index (χ0) is 12.1. The van der Waals surface area contributed by atoms with Gasteiger partial charge in [0.15, 0.2) is 0 Å². The van der Waals surface area contributed by atoms with E-state index in [0.29, 0.717) is 6.04 Å². The van der Waals surface area contributed by atoms with Crippen LogP contribution in [0.4, 0.5) is 0 Å². The van der Waals surface area contributed by atoms with Crippen molar-refractivity contribution in [2.45, 2.75) is 52.6 Å². The van der Waals surface area contributed by atoms with Crippen LogP contribution in [0.5, 0.6) is 0 Å². The minimum absolute atomic E-state index is 0.566. The standard InChI is InChI=1S/C12H22ClN3/c1-5-10(14-4)7-8-11-12(13)9(3)15-16(11)6-2/h10,14H,5-8H2,1-4H3. The summed E-state index contributed by atoms with van der Waals surface area (Å²) in [5.74, 6) is 0. The summed E-state index contributed by atoms with van der Waals surface area (Å²) in [7, 11) is 2.01. The Balaban J connectivity index is 2.72. The van der Waals surface area contributed by atoms with Crippen LogP contribution in [0.2, 0.25) is 5.02 Å². The van der Waals surface area contributed by atoms with E-state index >= 15 is 0 Å². The zero-order valence-corrected chi connectivity index (χ0v) is 11.4. The number of aryl methyl sites for hydroxylation is 2. The van der Waals surface area contributed by atoms with Crippen molar-refractivity contribution in [3.05, 3.63) is 16.4 Å². The quantitative estimate of drug-likeness (QED) is 0.833. The average molecular weight is 244 g/mol. The van der Waals surface area contributed by atoms with Crippen molar-refractivity contribution >= 4 is 11.6 Å². The lowest BCUT2D eigenvalue weighted by Crippen LogP contribution is -2.25. The summed E-state index contributed by atoms with van der Waals surface area (Å²) < 4.78 is 2.01. The molecule has 0 amide bonds. The number of nitrogens with one attached hydrogen (secondary N) is 1. The van der Waals surface area contributed by atoms with Crippen LogP contribution in [0, 0.1) is 6.92 Å². The number of aromatic nitrogens is 2. The molecule has 1 N–H and O–H groups in total. The van der Waals surface area contributed by atoms with E-state index in [2.05, 4.69) is 24.3 Å². The van der Waals surface area contributed by atoms with E-state index < -0.39 is 0 Å². The molecule has 0 aliphatic carbocycles. The summed E-state index contributed by atoms with van der Waals surface area (Å²) in [5.41, 5.74) is 2.12. The van der Waals surface area contributed by atoms with Gasteiger partial charge in [-0.15, -0.1) is 0 Å². The Bertz CT molecular complexity index is 329. The van der Waals surface area contributed by atoms with E-state index in [1.54, 1.807) is 0 Å². The zero-order valence-electron chi connectivity index (χ0n) is 10.7. The number of hydrogen-bond donors (Lipinski definition) is 1. The molecule has 1 aromatic heterocycles. The van der Waals surface area contributed by atoms with Gasteiger partial charge in [0.1, 0.15) is 0 Å². The molecule has 92 valence electrons. The minimum atomic E-state index is 0.566. The summed E-state index contributed by atoms with van der Waals surface area (Å²) in [5, 5.41) is 8.58. The molecule has 1 aromatic rings. The molecule has 1 unspecified atom stereocenters. The Hall–Kier alpha value is -0.540. The Morgan fingerprint density at radius 3 is 2.62 bits per heavy atom. The summed E-state index contributed by atoms with van der Waals surface area (Å²) in [6.07, 6.45) is 3.25. The maximum absolute atomic E-state index is 6.26. The van der Waals surface area contributed by atoms with Crippen molar-refractivity contribution in [2.75, 3.05) is 7.05 Å². The molecule has 1 heterocycles. The van der Waals surface area contributed by atoms with Gasteiger partial charge in [-0.1, -0.05) is 18.5 Å². The van der Waals surface area contributed by atoms with Gasteiger partial charge in [0, 0.05) is 12.6 Å². The predicted molar refractivity (Wildman–Crippen MR) is 69.1 cm³/mol. The van der Waals surface area contributed by atoms with Gasteiger partial charge in [-0.2, -0.15) is 5.10 Å². The lowest BCUT2D eigenvalue weighted by Gasteiger charge is -2.14. The molecule has 0 radical (unpaired) electrons. The van der Waals surface area contributed by atoms with Crippen LogP contribution < -0.4 is 5.32 Å². The first-order valence-electron chi connectivity index (χ1n) is 6.03. The summed E-state index contributed by atoms with van der Waals surface area (Å²) >= 11 is 6.26. The maximum Gasteiger partial charge on any atom is 0.0847 e. The summed E-state index contributed by atoms with van der Waals surface area (Å²) in [6.45, 7) is 7.15. The highest BCUT2D eigenvalue weighted by atomic mass is 35.5. The Labute approximate surface area is 103 Å². The topological polar surface area (TPSA) is 29.9 Å². The van der Waals surface area contributed by atoms with Crippen LogP contribution in [0.3, 0.4) is 0 Å². The summed E-state index contributed by atoms with van der Waals surface area (Å²) in [6, 6.07) is 0.566. The molecule has 1 rings (SSSR count). The molecular weight excluding hydrogens is 222 g/mol. The molecule has 3 nitrogen and oxygen atoms in total. The largest absolute Gasteiger partial charge is 0.317 e. The van der Waals surface area contributed by atoms with Gasteiger partial charge in [0.05, 0.1) is 16.4 Å². The molecule has 1 atom stereocenters. The summed E-state index contributed by atoms with van der Waals surface area (Å²) in [4.78, 5) is 0. The molecule has 0 fully saturated rings. The number of nitrogens with zero attached hydrogens (tertiary/aromatic N) is 2. The second kappa shape index (κ2) is 6.26. The smallest absolute Gasteiger partial charge is 0.0847 e. The fourth-order valence-electron chi connectivity index (χ4n) is 1.97. The first kappa shape index (κ1) is 13.5. The van der Waals surface area contributed by atoms with Crippen LogP contribution in [-0.2, 0) is 13.0 Å². The van der Waals surface area contributed by atoms with Gasteiger partial charge in [0.25, 0.3) is 0 Å². The highest BCUT2D eigenvalue weighted by Gasteiger charge is 2.13. The van der Waals surface area contributed by atoms with Crippen LogP contribution in [0.15, 0.2) is 0 Å². The van der Waals surface area contributed by atoms with Gasteiger partial charge in [-0.25, -0.2) is 0 Å². The van der Waals surface area contributed by atoms with Crippen LogP contribution in [0.1, 0.15) is 38.1 Å². The van der Waals surface area contributed by atoms with Gasteiger partial charge in [0.2, 0.25) is 0 Å². The van der Waals surface area contributed by atoms with E-state index in [1.807, 2.05) is 18.7 Å². The lowest BCUT2D eigenvalue weighted by molar-refractivity contribution is 0.494. The third-order valence-corrected chi connectivity index (χ3v) is 3.58. The van der Waals surface area contributed by atoms with E-state index in [4.69, 9.17) is 11.6 Å². The third-order valence-electron chi connectivity index (χ3n) is 3.08. The molecule has 16 heavy (non-hydrogen) atoms. The van der Waals surface area contributed by atoms with Crippen LogP contribution in [-0.4, -0.2) is 22.9 Å². The maximum atomic E-state index is 6.26.